The number of rotatable bonds is 2. The Morgan fingerprint density at radius 1 is 1.44 bits per heavy atom. The molecular formula is C10H14N6. The second-order valence-corrected chi connectivity index (χ2v) is 4.61. The molecule has 84 valence electrons. The standard InChI is InChI=1S/C10H14N6/c11-7-15-6-8-1-2-9(5-8)10(15)13-16-4-3-12-14-16/h3-4,8-10,13H,1-2,5-6H2. The zero-order valence-electron chi connectivity index (χ0n) is 8.95. The Morgan fingerprint density at radius 3 is 3.12 bits per heavy atom. The number of aromatic nitrogens is 3. The fourth-order valence-corrected chi connectivity index (χ4v) is 2.90. The molecule has 2 aliphatic rings. The Labute approximate surface area is 93.8 Å². The van der Waals surface area contributed by atoms with Gasteiger partial charge in [-0.15, -0.1) is 5.10 Å². The summed E-state index contributed by atoms with van der Waals surface area (Å²) in [4.78, 5) is 3.43. The molecular weight excluding hydrogens is 204 g/mol. The van der Waals surface area contributed by atoms with Gasteiger partial charge < -0.3 is 0 Å². The molecule has 0 amide bonds. The highest BCUT2D eigenvalue weighted by molar-refractivity contribution is 5.01. The van der Waals surface area contributed by atoms with E-state index in [1.165, 1.54) is 19.3 Å². The van der Waals surface area contributed by atoms with E-state index in [1.807, 2.05) is 4.90 Å². The van der Waals surface area contributed by atoms with Crippen LogP contribution in [0.1, 0.15) is 19.3 Å². The van der Waals surface area contributed by atoms with E-state index in [4.69, 9.17) is 5.26 Å². The number of piperidine rings is 1. The van der Waals surface area contributed by atoms with Crippen LogP contribution in [0.3, 0.4) is 0 Å². The molecule has 1 aliphatic carbocycles. The molecule has 0 radical (unpaired) electrons. The van der Waals surface area contributed by atoms with E-state index in [0.717, 1.165) is 6.54 Å². The van der Waals surface area contributed by atoms with Gasteiger partial charge in [-0.1, -0.05) is 0 Å². The van der Waals surface area contributed by atoms with Crippen LogP contribution >= 0.6 is 0 Å². The lowest BCUT2D eigenvalue weighted by molar-refractivity contribution is 0.158. The third-order valence-electron chi connectivity index (χ3n) is 3.63. The minimum Gasteiger partial charge on any atom is -0.288 e. The first-order valence-electron chi connectivity index (χ1n) is 5.66. The average molecular weight is 218 g/mol. The minimum absolute atomic E-state index is 0.0745. The van der Waals surface area contributed by atoms with Crippen molar-refractivity contribution in [2.24, 2.45) is 11.8 Å². The summed E-state index contributed by atoms with van der Waals surface area (Å²) >= 11 is 0. The van der Waals surface area contributed by atoms with Crippen LogP contribution in [0.25, 0.3) is 0 Å². The van der Waals surface area contributed by atoms with Gasteiger partial charge in [0, 0.05) is 12.5 Å². The number of nitrogens with zero attached hydrogens (tertiary/aromatic N) is 5. The van der Waals surface area contributed by atoms with Gasteiger partial charge in [-0.2, -0.15) is 10.1 Å². The van der Waals surface area contributed by atoms with E-state index in [9.17, 15) is 0 Å². The fourth-order valence-electron chi connectivity index (χ4n) is 2.90. The summed E-state index contributed by atoms with van der Waals surface area (Å²) in [5, 5.41) is 16.8. The van der Waals surface area contributed by atoms with Crippen molar-refractivity contribution in [2.45, 2.75) is 25.4 Å². The van der Waals surface area contributed by atoms with Crippen LogP contribution in [0.15, 0.2) is 12.4 Å². The number of hydrogen-bond donors (Lipinski definition) is 1. The number of fused-ring (bicyclic) bond motifs is 2. The molecule has 3 atom stereocenters. The predicted octanol–water partition coefficient (Wildman–Crippen LogP) is 0.361. The predicted molar refractivity (Wildman–Crippen MR) is 56.3 cm³/mol. The quantitative estimate of drug-likeness (QED) is 0.726. The molecule has 2 heterocycles. The van der Waals surface area contributed by atoms with Gasteiger partial charge in [-0.05, 0) is 30.4 Å². The van der Waals surface area contributed by atoms with Crippen molar-refractivity contribution < 1.29 is 0 Å². The molecule has 1 aromatic rings. The van der Waals surface area contributed by atoms with Crippen molar-refractivity contribution in [2.75, 3.05) is 12.0 Å². The molecule has 1 saturated heterocycles. The van der Waals surface area contributed by atoms with Crippen molar-refractivity contribution in [1.29, 1.82) is 5.26 Å². The topological polar surface area (TPSA) is 69.8 Å². The van der Waals surface area contributed by atoms with Gasteiger partial charge in [-0.25, -0.2) is 0 Å². The molecule has 1 saturated carbocycles. The lowest BCUT2D eigenvalue weighted by Crippen LogP contribution is -2.50. The molecule has 2 bridgehead atoms. The van der Waals surface area contributed by atoms with Gasteiger partial charge in [-0.3, -0.25) is 10.3 Å². The smallest absolute Gasteiger partial charge is 0.181 e. The van der Waals surface area contributed by atoms with Crippen molar-refractivity contribution in [3.05, 3.63) is 12.4 Å². The van der Waals surface area contributed by atoms with Crippen LogP contribution in [0.2, 0.25) is 0 Å². The Bertz CT molecular complexity index is 394. The lowest BCUT2D eigenvalue weighted by Gasteiger charge is -2.36. The molecule has 0 spiro atoms. The maximum atomic E-state index is 9.14. The summed E-state index contributed by atoms with van der Waals surface area (Å²) in [6.45, 7) is 0.874. The van der Waals surface area contributed by atoms with Crippen LogP contribution < -0.4 is 5.43 Å². The molecule has 6 nitrogen and oxygen atoms in total. The third kappa shape index (κ3) is 1.48. The number of nitriles is 1. The van der Waals surface area contributed by atoms with Crippen LogP contribution in [0.4, 0.5) is 0 Å². The highest BCUT2D eigenvalue weighted by Gasteiger charge is 2.40. The van der Waals surface area contributed by atoms with Crippen molar-refractivity contribution in [3.63, 3.8) is 0 Å². The maximum absolute atomic E-state index is 9.14. The SMILES string of the molecule is N#CN1CC2CCC(C2)C1Nn1ccnn1. The van der Waals surface area contributed by atoms with E-state index in [0.29, 0.717) is 11.8 Å². The second kappa shape index (κ2) is 3.67. The van der Waals surface area contributed by atoms with Crippen molar-refractivity contribution >= 4 is 0 Å². The van der Waals surface area contributed by atoms with Gasteiger partial charge >= 0.3 is 0 Å². The number of nitrogens with one attached hydrogen (secondary N) is 1. The highest BCUT2D eigenvalue weighted by Crippen LogP contribution is 2.39. The zero-order chi connectivity index (χ0) is 11.0. The number of likely N-dealkylation sites (tertiary alicyclic amines) is 1. The summed E-state index contributed by atoms with van der Waals surface area (Å²) in [5.74, 6) is 1.26. The van der Waals surface area contributed by atoms with E-state index < -0.39 is 0 Å². The Balaban J connectivity index is 1.78. The molecule has 1 aliphatic heterocycles. The summed E-state index contributed by atoms with van der Waals surface area (Å²) in [6, 6.07) is 0. The fraction of sp³-hybridized carbons (Fsp3) is 0.700. The first-order valence-corrected chi connectivity index (χ1v) is 5.66. The molecule has 2 fully saturated rings. The molecule has 1 N–H and O–H groups in total. The second-order valence-electron chi connectivity index (χ2n) is 4.61. The van der Waals surface area contributed by atoms with Gasteiger partial charge in [0.05, 0.1) is 12.4 Å². The van der Waals surface area contributed by atoms with E-state index in [-0.39, 0.29) is 6.17 Å². The molecule has 3 unspecified atom stereocenters. The first-order chi connectivity index (χ1) is 7.86. The minimum atomic E-state index is 0.0745. The maximum Gasteiger partial charge on any atom is 0.181 e. The van der Waals surface area contributed by atoms with Crippen molar-refractivity contribution in [1.82, 2.24) is 20.0 Å². The van der Waals surface area contributed by atoms with E-state index in [2.05, 4.69) is 21.9 Å². The zero-order valence-corrected chi connectivity index (χ0v) is 8.95. The summed E-state index contributed by atoms with van der Waals surface area (Å²) in [7, 11) is 0. The summed E-state index contributed by atoms with van der Waals surface area (Å²) < 4.78 is 0. The van der Waals surface area contributed by atoms with E-state index >= 15 is 0 Å². The van der Waals surface area contributed by atoms with Crippen LogP contribution in [-0.2, 0) is 0 Å². The molecule has 1 aromatic heterocycles. The summed E-state index contributed by atoms with van der Waals surface area (Å²) in [5.41, 5.74) is 3.24. The van der Waals surface area contributed by atoms with Gasteiger partial charge in [0.15, 0.2) is 6.19 Å². The average Bonchev–Trinajstić information content (AvgIpc) is 2.92. The normalized spacial score (nSPS) is 32.4. The molecule has 3 rings (SSSR count). The van der Waals surface area contributed by atoms with Gasteiger partial charge in [0.2, 0.25) is 0 Å². The van der Waals surface area contributed by atoms with Crippen LogP contribution in [-0.4, -0.2) is 32.7 Å². The molecule has 0 aromatic carbocycles. The third-order valence-corrected chi connectivity index (χ3v) is 3.63. The Kier molecular flexibility index (Phi) is 2.17. The summed E-state index contributed by atoms with van der Waals surface area (Å²) in [6.07, 6.45) is 9.42. The van der Waals surface area contributed by atoms with Crippen LogP contribution in [0.5, 0.6) is 0 Å². The van der Waals surface area contributed by atoms with Crippen LogP contribution in [0, 0.1) is 23.3 Å². The lowest BCUT2D eigenvalue weighted by atomic mass is 9.96. The van der Waals surface area contributed by atoms with E-state index in [1.54, 1.807) is 17.2 Å². The first kappa shape index (κ1) is 9.46. The highest BCUT2D eigenvalue weighted by atomic mass is 15.6. The molecule has 16 heavy (non-hydrogen) atoms. The molecule has 6 heteroatoms. The largest absolute Gasteiger partial charge is 0.288 e. The Hall–Kier alpha value is -1.77. The Morgan fingerprint density at radius 2 is 2.38 bits per heavy atom. The van der Waals surface area contributed by atoms with Gasteiger partial charge in [0.25, 0.3) is 0 Å². The number of hydrogen-bond acceptors (Lipinski definition) is 5. The van der Waals surface area contributed by atoms with Gasteiger partial charge in [0.1, 0.15) is 6.17 Å². The van der Waals surface area contributed by atoms with Crippen molar-refractivity contribution in [3.8, 4) is 6.19 Å². The monoisotopic (exact) mass is 218 g/mol.